The molecule has 0 aromatic carbocycles. The molecule has 0 aliphatic carbocycles. The maximum atomic E-state index is 12.4. The minimum atomic E-state index is -0.0989. The lowest BCUT2D eigenvalue weighted by Crippen LogP contribution is -2.48. The van der Waals surface area contributed by atoms with E-state index in [0.717, 1.165) is 12.8 Å². The van der Waals surface area contributed by atoms with Crippen molar-refractivity contribution in [2.45, 2.75) is 18.9 Å². The molecule has 1 aromatic heterocycles. The number of thiocarbonyl (C=S) groups is 1. The fourth-order valence-corrected chi connectivity index (χ4v) is 3.62. The summed E-state index contributed by atoms with van der Waals surface area (Å²) in [4.78, 5) is 35.1. The molecule has 9 heteroatoms. The lowest BCUT2D eigenvalue weighted by Gasteiger charge is -2.33. The van der Waals surface area contributed by atoms with E-state index in [1.807, 2.05) is 0 Å². The predicted molar refractivity (Wildman–Crippen MR) is 89.0 cm³/mol. The molecule has 2 aliphatic heterocycles. The van der Waals surface area contributed by atoms with Crippen LogP contribution in [0.3, 0.4) is 0 Å². The Hall–Kier alpha value is -1.74. The largest absolute Gasteiger partial charge is 0.472 e. The zero-order valence-electron chi connectivity index (χ0n) is 12.4. The van der Waals surface area contributed by atoms with Crippen molar-refractivity contribution < 1.29 is 14.3 Å². The van der Waals surface area contributed by atoms with Gasteiger partial charge in [-0.3, -0.25) is 14.5 Å². The van der Waals surface area contributed by atoms with Crippen molar-refractivity contribution in [2.75, 3.05) is 25.4 Å². The first-order valence-electron chi connectivity index (χ1n) is 7.31. The summed E-state index contributed by atoms with van der Waals surface area (Å²) in [5.74, 6) is 0.635. The van der Waals surface area contributed by atoms with Crippen LogP contribution in [0.5, 0.6) is 5.88 Å². The van der Waals surface area contributed by atoms with Crippen LogP contribution in [0.25, 0.3) is 0 Å². The van der Waals surface area contributed by atoms with Gasteiger partial charge >= 0.3 is 0 Å². The third kappa shape index (κ3) is 3.97. The summed E-state index contributed by atoms with van der Waals surface area (Å²) >= 11 is 6.41. The van der Waals surface area contributed by atoms with Crippen LogP contribution >= 0.6 is 24.0 Å². The van der Waals surface area contributed by atoms with Gasteiger partial charge in [-0.05, 0) is 12.8 Å². The Balaban J connectivity index is 1.56. The van der Waals surface area contributed by atoms with Crippen LogP contribution in [0.4, 0.5) is 0 Å². The lowest BCUT2D eigenvalue weighted by atomic mass is 10.1. The van der Waals surface area contributed by atoms with Crippen LogP contribution in [-0.2, 0) is 9.59 Å². The molecule has 0 saturated carbocycles. The van der Waals surface area contributed by atoms with Gasteiger partial charge in [0.1, 0.15) is 23.3 Å². The monoisotopic (exact) mass is 352 g/mol. The molecule has 1 atom stereocenters. The highest BCUT2D eigenvalue weighted by Crippen LogP contribution is 2.20. The van der Waals surface area contributed by atoms with E-state index in [0.29, 0.717) is 29.0 Å². The van der Waals surface area contributed by atoms with Crippen molar-refractivity contribution in [2.24, 2.45) is 0 Å². The second kappa shape index (κ2) is 7.22. The van der Waals surface area contributed by atoms with Gasteiger partial charge in [0.25, 0.3) is 0 Å². The number of aromatic nitrogens is 2. The minimum absolute atomic E-state index is 0.0187. The second-order valence-electron chi connectivity index (χ2n) is 5.30. The van der Waals surface area contributed by atoms with Crippen molar-refractivity contribution in [1.29, 1.82) is 0 Å². The quantitative estimate of drug-likeness (QED) is 0.739. The van der Waals surface area contributed by atoms with E-state index in [1.54, 1.807) is 17.2 Å². The van der Waals surface area contributed by atoms with E-state index in [9.17, 15) is 9.59 Å². The van der Waals surface area contributed by atoms with Crippen LogP contribution in [-0.4, -0.2) is 67.4 Å². The number of piperidine rings is 1. The SMILES string of the molecule is O=C(CN1C(=O)CSC1=S)N1CCCC(Oc2ccncn2)C1. The minimum Gasteiger partial charge on any atom is -0.472 e. The number of nitrogens with zero attached hydrogens (tertiary/aromatic N) is 4. The molecular weight excluding hydrogens is 336 g/mol. The van der Waals surface area contributed by atoms with Crippen molar-refractivity contribution in [3.05, 3.63) is 18.6 Å². The van der Waals surface area contributed by atoms with Crippen molar-refractivity contribution in [3.63, 3.8) is 0 Å². The molecule has 0 N–H and O–H groups in total. The van der Waals surface area contributed by atoms with Gasteiger partial charge in [-0.25, -0.2) is 9.97 Å². The van der Waals surface area contributed by atoms with Crippen LogP contribution in [0.15, 0.2) is 18.6 Å². The first kappa shape index (κ1) is 16.1. The normalized spacial score (nSPS) is 21.7. The molecular formula is C14H16N4O3S2. The molecule has 0 bridgehead atoms. The number of hydrogen-bond donors (Lipinski definition) is 0. The fraction of sp³-hybridized carbons (Fsp3) is 0.500. The molecule has 2 amide bonds. The van der Waals surface area contributed by atoms with Gasteiger partial charge in [0.2, 0.25) is 17.7 Å². The summed E-state index contributed by atoms with van der Waals surface area (Å²) in [6.45, 7) is 1.18. The Labute approximate surface area is 143 Å². The number of thioether (sulfide) groups is 1. The summed E-state index contributed by atoms with van der Waals surface area (Å²) in [7, 11) is 0. The Morgan fingerprint density at radius 2 is 2.39 bits per heavy atom. The summed E-state index contributed by atoms with van der Waals surface area (Å²) in [5, 5.41) is 0. The van der Waals surface area contributed by atoms with E-state index in [1.165, 1.54) is 23.0 Å². The highest BCUT2D eigenvalue weighted by molar-refractivity contribution is 8.23. The summed E-state index contributed by atoms with van der Waals surface area (Å²) in [5.41, 5.74) is 0. The molecule has 2 fully saturated rings. The van der Waals surface area contributed by atoms with Crippen molar-refractivity contribution in [3.8, 4) is 5.88 Å². The number of hydrogen-bond acceptors (Lipinski definition) is 7. The molecule has 0 spiro atoms. The van der Waals surface area contributed by atoms with Crippen LogP contribution in [0.1, 0.15) is 12.8 Å². The molecule has 23 heavy (non-hydrogen) atoms. The average Bonchev–Trinajstić information content (AvgIpc) is 2.88. The molecule has 2 saturated heterocycles. The zero-order chi connectivity index (χ0) is 16.2. The van der Waals surface area contributed by atoms with Crippen LogP contribution in [0, 0.1) is 0 Å². The molecule has 1 unspecified atom stereocenters. The average molecular weight is 352 g/mol. The smallest absolute Gasteiger partial charge is 0.242 e. The summed E-state index contributed by atoms with van der Waals surface area (Å²) in [6, 6.07) is 1.69. The lowest BCUT2D eigenvalue weighted by molar-refractivity contribution is -0.137. The molecule has 1 aromatic rings. The maximum Gasteiger partial charge on any atom is 0.242 e. The van der Waals surface area contributed by atoms with E-state index >= 15 is 0 Å². The topological polar surface area (TPSA) is 75.6 Å². The first-order valence-corrected chi connectivity index (χ1v) is 8.70. The van der Waals surface area contributed by atoms with Gasteiger partial charge in [-0.2, -0.15) is 0 Å². The van der Waals surface area contributed by atoms with Crippen molar-refractivity contribution >= 4 is 40.1 Å². The standard InChI is InChI=1S/C14H16N4O3S2/c19-12(7-18-13(20)8-23-14(18)22)17-5-1-2-10(6-17)21-11-3-4-15-9-16-11/h3-4,9-10H,1-2,5-8H2. The molecule has 122 valence electrons. The highest BCUT2D eigenvalue weighted by atomic mass is 32.2. The maximum absolute atomic E-state index is 12.4. The predicted octanol–water partition coefficient (Wildman–Crippen LogP) is 0.707. The van der Waals surface area contributed by atoms with Gasteiger partial charge in [-0.15, -0.1) is 0 Å². The Morgan fingerprint density at radius 1 is 1.52 bits per heavy atom. The third-order valence-electron chi connectivity index (χ3n) is 3.71. The second-order valence-corrected chi connectivity index (χ2v) is 6.91. The van der Waals surface area contributed by atoms with E-state index in [4.69, 9.17) is 17.0 Å². The number of carbonyl (C=O) groups is 2. The van der Waals surface area contributed by atoms with E-state index in [2.05, 4.69) is 9.97 Å². The Kier molecular flexibility index (Phi) is 5.06. The van der Waals surface area contributed by atoms with Gasteiger partial charge in [0, 0.05) is 18.8 Å². The fourth-order valence-electron chi connectivity index (χ4n) is 2.55. The zero-order valence-corrected chi connectivity index (χ0v) is 14.0. The van der Waals surface area contributed by atoms with Gasteiger partial charge in [-0.1, -0.05) is 24.0 Å². The number of carbonyl (C=O) groups excluding carboxylic acids is 2. The molecule has 7 nitrogen and oxygen atoms in total. The third-order valence-corrected chi connectivity index (χ3v) is 5.14. The number of amides is 2. The van der Waals surface area contributed by atoms with Crippen molar-refractivity contribution in [1.82, 2.24) is 19.8 Å². The first-order chi connectivity index (χ1) is 11.1. The Morgan fingerprint density at radius 3 is 3.09 bits per heavy atom. The molecule has 3 heterocycles. The number of rotatable bonds is 4. The molecule has 2 aliphatic rings. The molecule has 3 rings (SSSR count). The Bertz CT molecular complexity index is 597. The highest BCUT2D eigenvalue weighted by Gasteiger charge is 2.32. The van der Waals surface area contributed by atoms with Gasteiger partial charge in [0.05, 0.1) is 12.3 Å². The van der Waals surface area contributed by atoms with E-state index in [-0.39, 0.29) is 24.5 Å². The van der Waals surface area contributed by atoms with Crippen LogP contribution < -0.4 is 4.74 Å². The number of ether oxygens (including phenoxy) is 1. The van der Waals surface area contributed by atoms with E-state index < -0.39 is 0 Å². The summed E-state index contributed by atoms with van der Waals surface area (Å²) in [6.07, 6.45) is 4.67. The molecule has 0 radical (unpaired) electrons. The van der Waals surface area contributed by atoms with Crippen LogP contribution in [0.2, 0.25) is 0 Å². The number of likely N-dealkylation sites (tertiary alicyclic amines) is 1. The van der Waals surface area contributed by atoms with Gasteiger partial charge < -0.3 is 9.64 Å². The van der Waals surface area contributed by atoms with Gasteiger partial charge in [0.15, 0.2) is 0 Å². The summed E-state index contributed by atoms with van der Waals surface area (Å²) < 4.78 is 6.27.